The van der Waals surface area contributed by atoms with E-state index < -0.39 is 5.97 Å². The van der Waals surface area contributed by atoms with E-state index in [-0.39, 0.29) is 24.9 Å². The molecule has 7 nitrogen and oxygen atoms in total. The van der Waals surface area contributed by atoms with Gasteiger partial charge in [-0.1, -0.05) is 12.1 Å². The van der Waals surface area contributed by atoms with Gasteiger partial charge in [-0.25, -0.2) is 4.79 Å². The van der Waals surface area contributed by atoms with Crippen LogP contribution in [0, 0.1) is 0 Å². The summed E-state index contributed by atoms with van der Waals surface area (Å²) in [6.45, 7) is 1.50. The molecule has 2 rings (SSSR count). The summed E-state index contributed by atoms with van der Waals surface area (Å²) in [5.41, 5.74) is 1.09. The number of hydrogen-bond acceptors (Lipinski definition) is 6. The van der Waals surface area contributed by atoms with Gasteiger partial charge in [-0.15, -0.1) is 0 Å². The fraction of sp³-hybridized carbons (Fsp3) is 0.588. The van der Waals surface area contributed by atoms with E-state index >= 15 is 0 Å². The van der Waals surface area contributed by atoms with Crippen molar-refractivity contribution < 1.29 is 28.8 Å². The Bertz CT molecular complexity index is 520. The molecular formula is C17H25NO6. The van der Waals surface area contributed by atoms with Crippen molar-refractivity contribution in [1.82, 2.24) is 4.90 Å². The minimum Gasteiger partial charge on any atom is -0.482 e. The standard InChI is InChI=1S/C17H25NO6/c1-18(14-9-23-10-15(21-2)17(14)22-3)8-12-4-6-13(7-5-12)24-11-16(19)20/h4-7,14-15,17H,8-11H2,1-3H3,(H,19,20)/t14-,15-,17+/m1/s1. The summed E-state index contributed by atoms with van der Waals surface area (Å²) >= 11 is 0. The Morgan fingerprint density at radius 2 is 1.96 bits per heavy atom. The van der Waals surface area contributed by atoms with Crippen LogP contribution < -0.4 is 4.74 Å². The Hall–Kier alpha value is -1.67. The van der Waals surface area contributed by atoms with Gasteiger partial charge in [0.05, 0.1) is 19.3 Å². The number of carboxylic acids is 1. The molecule has 3 atom stereocenters. The molecule has 1 aliphatic rings. The first kappa shape index (κ1) is 18.7. The summed E-state index contributed by atoms with van der Waals surface area (Å²) in [6.07, 6.45) is -0.130. The van der Waals surface area contributed by atoms with Crippen LogP contribution in [-0.4, -0.2) is 75.3 Å². The minimum atomic E-state index is -0.991. The zero-order valence-electron chi connectivity index (χ0n) is 14.3. The van der Waals surface area contributed by atoms with Crippen LogP contribution in [-0.2, 0) is 25.5 Å². The molecule has 0 aliphatic carbocycles. The van der Waals surface area contributed by atoms with E-state index in [1.165, 1.54) is 0 Å². The van der Waals surface area contributed by atoms with E-state index in [1.54, 1.807) is 26.4 Å². The molecule has 1 heterocycles. The highest BCUT2D eigenvalue weighted by atomic mass is 16.6. The van der Waals surface area contributed by atoms with Crippen LogP contribution in [0.1, 0.15) is 5.56 Å². The van der Waals surface area contributed by atoms with Crippen molar-refractivity contribution in [2.45, 2.75) is 24.8 Å². The summed E-state index contributed by atoms with van der Waals surface area (Å²) in [4.78, 5) is 12.7. The molecule has 0 amide bonds. The number of hydrogen-bond donors (Lipinski definition) is 1. The lowest BCUT2D eigenvalue weighted by molar-refractivity contribution is -0.153. The highest BCUT2D eigenvalue weighted by molar-refractivity contribution is 5.68. The Balaban J connectivity index is 1.95. The van der Waals surface area contributed by atoms with Crippen LogP contribution in [0.2, 0.25) is 0 Å². The highest BCUT2D eigenvalue weighted by Gasteiger charge is 2.36. The lowest BCUT2D eigenvalue weighted by Gasteiger charge is -2.40. The Labute approximate surface area is 142 Å². The third-order valence-corrected chi connectivity index (χ3v) is 4.18. The zero-order chi connectivity index (χ0) is 17.5. The van der Waals surface area contributed by atoms with Crippen molar-refractivity contribution in [3.63, 3.8) is 0 Å². The fourth-order valence-corrected chi connectivity index (χ4v) is 2.87. The molecule has 1 N–H and O–H groups in total. The predicted octanol–water partition coefficient (Wildman–Crippen LogP) is 1.01. The van der Waals surface area contributed by atoms with Crippen molar-refractivity contribution in [2.75, 3.05) is 41.1 Å². The lowest BCUT2D eigenvalue weighted by Crippen LogP contribution is -2.56. The summed E-state index contributed by atoms with van der Waals surface area (Å²) in [5.74, 6) is -0.451. The molecule has 1 saturated heterocycles. The quantitative estimate of drug-likeness (QED) is 0.757. The molecular weight excluding hydrogens is 314 g/mol. The van der Waals surface area contributed by atoms with Crippen LogP contribution >= 0.6 is 0 Å². The molecule has 0 spiro atoms. The highest BCUT2D eigenvalue weighted by Crippen LogP contribution is 2.21. The van der Waals surface area contributed by atoms with Gasteiger partial charge in [-0.2, -0.15) is 0 Å². The van der Waals surface area contributed by atoms with Gasteiger partial charge in [0.25, 0.3) is 0 Å². The third kappa shape index (κ3) is 4.91. The molecule has 0 saturated carbocycles. The SMILES string of the molecule is CO[C@H]1[C@H](N(C)Cc2ccc(OCC(=O)O)cc2)COC[C@H]1OC. The van der Waals surface area contributed by atoms with Gasteiger partial charge in [-0.05, 0) is 24.7 Å². The van der Waals surface area contributed by atoms with Crippen LogP contribution in [0.5, 0.6) is 5.75 Å². The van der Waals surface area contributed by atoms with Gasteiger partial charge in [0.2, 0.25) is 0 Å². The van der Waals surface area contributed by atoms with E-state index in [2.05, 4.69) is 4.90 Å². The maximum atomic E-state index is 10.5. The van der Waals surface area contributed by atoms with Crippen LogP contribution in [0.3, 0.4) is 0 Å². The van der Waals surface area contributed by atoms with E-state index in [0.29, 0.717) is 25.5 Å². The molecule has 24 heavy (non-hydrogen) atoms. The number of ether oxygens (including phenoxy) is 4. The van der Waals surface area contributed by atoms with E-state index in [1.807, 2.05) is 19.2 Å². The summed E-state index contributed by atoms with van der Waals surface area (Å²) in [6, 6.07) is 7.49. The van der Waals surface area contributed by atoms with Gasteiger partial charge in [0, 0.05) is 20.8 Å². The number of benzene rings is 1. The van der Waals surface area contributed by atoms with E-state index in [4.69, 9.17) is 24.1 Å². The topological polar surface area (TPSA) is 77.5 Å². The smallest absolute Gasteiger partial charge is 0.341 e. The number of aliphatic carboxylic acids is 1. The first-order chi connectivity index (χ1) is 11.5. The van der Waals surface area contributed by atoms with Crippen molar-refractivity contribution >= 4 is 5.97 Å². The van der Waals surface area contributed by atoms with E-state index in [9.17, 15) is 4.79 Å². The van der Waals surface area contributed by atoms with Crippen molar-refractivity contribution in [2.24, 2.45) is 0 Å². The van der Waals surface area contributed by atoms with Crippen LogP contribution in [0.25, 0.3) is 0 Å². The number of likely N-dealkylation sites (N-methyl/N-ethyl adjacent to an activating group) is 1. The number of methoxy groups -OCH3 is 2. The summed E-state index contributed by atoms with van der Waals surface area (Å²) in [7, 11) is 5.38. The lowest BCUT2D eigenvalue weighted by atomic mass is 10.0. The van der Waals surface area contributed by atoms with Crippen LogP contribution in [0.4, 0.5) is 0 Å². The Morgan fingerprint density at radius 3 is 2.54 bits per heavy atom. The summed E-state index contributed by atoms with van der Waals surface area (Å²) < 4.78 is 21.8. The van der Waals surface area contributed by atoms with Gasteiger partial charge < -0.3 is 24.1 Å². The average Bonchev–Trinajstić information content (AvgIpc) is 2.60. The zero-order valence-corrected chi connectivity index (χ0v) is 14.3. The van der Waals surface area contributed by atoms with E-state index in [0.717, 1.165) is 5.56 Å². The first-order valence-electron chi connectivity index (χ1n) is 7.82. The second-order valence-corrected chi connectivity index (χ2v) is 5.82. The fourth-order valence-electron chi connectivity index (χ4n) is 2.87. The van der Waals surface area contributed by atoms with Gasteiger partial charge in [0.1, 0.15) is 18.0 Å². The van der Waals surface area contributed by atoms with Crippen molar-refractivity contribution in [1.29, 1.82) is 0 Å². The number of carbonyl (C=O) groups is 1. The number of nitrogens with zero attached hydrogens (tertiary/aromatic N) is 1. The normalized spacial score (nSPS) is 24.1. The number of carboxylic acid groups (broad SMARTS) is 1. The largest absolute Gasteiger partial charge is 0.482 e. The second-order valence-electron chi connectivity index (χ2n) is 5.82. The first-order valence-corrected chi connectivity index (χ1v) is 7.82. The average molecular weight is 339 g/mol. The van der Waals surface area contributed by atoms with Crippen molar-refractivity contribution in [3.05, 3.63) is 29.8 Å². The molecule has 1 aromatic carbocycles. The minimum absolute atomic E-state index is 0.0491. The maximum absolute atomic E-state index is 10.5. The Morgan fingerprint density at radius 1 is 1.25 bits per heavy atom. The molecule has 134 valence electrons. The predicted molar refractivity (Wildman–Crippen MR) is 87.2 cm³/mol. The molecule has 1 aromatic rings. The molecule has 1 fully saturated rings. The monoisotopic (exact) mass is 339 g/mol. The Kier molecular flexibility index (Phi) is 6.99. The second kappa shape index (κ2) is 8.98. The molecule has 0 radical (unpaired) electrons. The van der Waals surface area contributed by atoms with Gasteiger partial charge >= 0.3 is 5.97 Å². The van der Waals surface area contributed by atoms with Crippen molar-refractivity contribution in [3.8, 4) is 5.75 Å². The molecule has 0 unspecified atom stereocenters. The van der Waals surface area contributed by atoms with Gasteiger partial charge in [-0.3, -0.25) is 4.90 Å². The maximum Gasteiger partial charge on any atom is 0.341 e. The summed E-state index contributed by atoms with van der Waals surface area (Å²) in [5, 5.41) is 8.62. The number of rotatable bonds is 8. The third-order valence-electron chi connectivity index (χ3n) is 4.18. The molecule has 0 bridgehead atoms. The molecule has 1 aliphatic heterocycles. The van der Waals surface area contributed by atoms with Gasteiger partial charge in [0.15, 0.2) is 6.61 Å². The molecule has 7 heteroatoms. The molecule has 0 aromatic heterocycles. The van der Waals surface area contributed by atoms with Crippen LogP contribution in [0.15, 0.2) is 24.3 Å².